The second kappa shape index (κ2) is 7.02. The number of hydrogen-bond acceptors (Lipinski definition) is 5. The van der Waals surface area contributed by atoms with Gasteiger partial charge in [-0.15, -0.1) is 0 Å². The molecule has 6 nitrogen and oxygen atoms in total. The molecule has 0 saturated carbocycles. The summed E-state index contributed by atoms with van der Waals surface area (Å²) in [6.07, 6.45) is 2.02. The predicted octanol–water partition coefficient (Wildman–Crippen LogP) is 3.22. The molecule has 0 aliphatic carbocycles. The Morgan fingerprint density at radius 1 is 1.33 bits per heavy atom. The number of aryl methyl sites for hydroxylation is 1. The first-order valence-electron chi connectivity index (χ1n) is 8.65. The molecule has 0 fully saturated rings. The van der Waals surface area contributed by atoms with Crippen LogP contribution in [0.4, 0.5) is 0 Å². The average molecular weight is 380 g/mol. The van der Waals surface area contributed by atoms with Gasteiger partial charge in [-0.2, -0.15) is 0 Å². The first kappa shape index (κ1) is 17.5. The number of carbonyl (C=O) groups is 1. The maximum Gasteiger partial charge on any atom is 0.255 e. The molecule has 0 saturated heterocycles. The maximum absolute atomic E-state index is 12.4. The van der Waals surface area contributed by atoms with E-state index in [2.05, 4.69) is 30.4 Å². The number of carbonyl (C=O) groups excluding carboxylic acids is 1. The summed E-state index contributed by atoms with van der Waals surface area (Å²) >= 11 is 1.55. The average Bonchev–Trinajstić information content (AvgIpc) is 3.22. The molecule has 3 N–H and O–H groups in total. The number of benzene rings is 2. The van der Waals surface area contributed by atoms with E-state index in [1.165, 1.54) is 5.56 Å². The normalized spacial score (nSPS) is 11.2. The van der Waals surface area contributed by atoms with Crippen LogP contribution in [-0.2, 0) is 0 Å². The van der Waals surface area contributed by atoms with Crippen LogP contribution in [0.25, 0.3) is 26.4 Å². The maximum atomic E-state index is 12.4. The number of amides is 1. The van der Waals surface area contributed by atoms with Crippen LogP contribution < -0.4 is 15.8 Å². The highest BCUT2D eigenvalue weighted by Crippen LogP contribution is 2.34. The monoisotopic (exact) mass is 380 g/mol. The summed E-state index contributed by atoms with van der Waals surface area (Å²) in [6.45, 7) is 2.89. The van der Waals surface area contributed by atoms with E-state index in [-0.39, 0.29) is 5.91 Å². The lowest BCUT2D eigenvalue weighted by Gasteiger charge is -2.09. The predicted molar refractivity (Wildman–Crippen MR) is 109 cm³/mol. The standard InChI is InChI=1S/C20H20N4O2S/c1-12-4-3-5-13(8-12)15-11-24-16-10-17(26-2)14(19(25)22-7-6-21)9-18(16)27-20(24)23-15/h3-5,8-11H,6-7,21H2,1-2H3,(H,22,25). The lowest BCUT2D eigenvalue weighted by Crippen LogP contribution is -2.29. The largest absolute Gasteiger partial charge is 0.496 e. The van der Waals surface area contributed by atoms with Gasteiger partial charge in [-0.3, -0.25) is 9.20 Å². The molecule has 4 aromatic rings. The highest BCUT2D eigenvalue weighted by molar-refractivity contribution is 7.23. The van der Waals surface area contributed by atoms with Gasteiger partial charge < -0.3 is 15.8 Å². The van der Waals surface area contributed by atoms with Gasteiger partial charge in [0.25, 0.3) is 5.91 Å². The molecule has 0 spiro atoms. The number of methoxy groups -OCH3 is 1. The molecule has 0 unspecified atom stereocenters. The van der Waals surface area contributed by atoms with Crippen molar-refractivity contribution in [1.29, 1.82) is 0 Å². The Bertz CT molecular complexity index is 1150. The van der Waals surface area contributed by atoms with Crippen LogP contribution in [0.3, 0.4) is 0 Å². The van der Waals surface area contributed by atoms with Crippen LogP contribution in [0.2, 0.25) is 0 Å². The Kier molecular flexibility index (Phi) is 4.55. The molecule has 2 heterocycles. The van der Waals surface area contributed by atoms with Gasteiger partial charge >= 0.3 is 0 Å². The Labute approximate surface area is 160 Å². The lowest BCUT2D eigenvalue weighted by atomic mass is 10.1. The number of thiazole rings is 1. The molecule has 27 heavy (non-hydrogen) atoms. The Morgan fingerprint density at radius 3 is 2.93 bits per heavy atom. The van der Waals surface area contributed by atoms with Gasteiger partial charge in [0.2, 0.25) is 0 Å². The van der Waals surface area contributed by atoms with Gasteiger partial charge in [0, 0.05) is 30.9 Å². The van der Waals surface area contributed by atoms with Gasteiger partial charge in [0.15, 0.2) is 4.96 Å². The molecule has 4 rings (SSSR count). The molecule has 0 bridgehead atoms. The third kappa shape index (κ3) is 3.15. The molecule has 0 aliphatic heterocycles. The minimum atomic E-state index is -0.189. The van der Waals surface area contributed by atoms with Crippen LogP contribution in [-0.4, -0.2) is 35.5 Å². The van der Waals surface area contributed by atoms with Crippen molar-refractivity contribution in [2.75, 3.05) is 20.2 Å². The summed E-state index contributed by atoms with van der Waals surface area (Å²) in [6, 6.07) is 12.0. The highest BCUT2D eigenvalue weighted by atomic mass is 32.1. The Morgan fingerprint density at radius 2 is 2.19 bits per heavy atom. The molecule has 2 aromatic heterocycles. The number of fused-ring (bicyclic) bond motifs is 3. The number of nitrogens with zero attached hydrogens (tertiary/aromatic N) is 2. The zero-order chi connectivity index (χ0) is 19.0. The second-order valence-corrected chi connectivity index (χ2v) is 7.32. The summed E-state index contributed by atoms with van der Waals surface area (Å²) < 4.78 is 8.48. The Balaban J connectivity index is 1.81. The van der Waals surface area contributed by atoms with E-state index >= 15 is 0 Å². The van der Waals surface area contributed by atoms with Gasteiger partial charge in [0.1, 0.15) is 5.75 Å². The molecule has 0 aliphatic rings. The molecule has 138 valence electrons. The van der Waals surface area contributed by atoms with E-state index in [1.807, 2.05) is 28.8 Å². The first-order chi connectivity index (χ1) is 13.1. The van der Waals surface area contributed by atoms with Crippen molar-refractivity contribution in [3.63, 3.8) is 0 Å². The van der Waals surface area contributed by atoms with Crippen molar-refractivity contribution in [2.45, 2.75) is 6.92 Å². The van der Waals surface area contributed by atoms with Crippen molar-refractivity contribution in [1.82, 2.24) is 14.7 Å². The lowest BCUT2D eigenvalue weighted by molar-refractivity contribution is 0.0952. The molecular formula is C20H20N4O2S. The van der Waals surface area contributed by atoms with Crippen LogP contribution in [0.15, 0.2) is 42.6 Å². The van der Waals surface area contributed by atoms with Crippen molar-refractivity contribution >= 4 is 32.4 Å². The smallest absolute Gasteiger partial charge is 0.255 e. The Hall–Kier alpha value is -2.90. The van der Waals surface area contributed by atoms with E-state index < -0.39 is 0 Å². The molecule has 1 amide bonds. The number of nitrogens with one attached hydrogen (secondary N) is 1. The van der Waals surface area contributed by atoms with Crippen LogP contribution in [0.1, 0.15) is 15.9 Å². The molecule has 0 radical (unpaired) electrons. The van der Waals surface area contributed by atoms with Crippen LogP contribution in [0.5, 0.6) is 5.75 Å². The van der Waals surface area contributed by atoms with Gasteiger partial charge in [0.05, 0.1) is 28.6 Å². The summed E-state index contributed by atoms with van der Waals surface area (Å²) in [5.41, 5.74) is 10.1. The molecule has 0 atom stereocenters. The minimum absolute atomic E-state index is 0.189. The van der Waals surface area contributed by atoms with Crippen molar-refractivity contribution in [2.24, 2.45) is 5.73 Å². The van der Waals surface area contributed by atoms with Crippen molar-refractivity contribution in [3.05, 3.63) is 53.7 Å². The quantitative estimate of drug-likeness (QED) is 0.557. The van der Waals surface area contributed by atoms with Crippen LogP contribution >= 0.6 is 11.3 Å². The van der Waals surface area contributed by atoms with Gasteiger partial charge in [-0.05, 0) is 19.1 Å². The molecular weight excluding hydrogens is 360 g/mol. The van der Waals surface area contributed by atoms with E-state index in [1.54, 1.807) is 18.4 Å². The van der Waals surface area contributed by atoms with Gasteiger partial charge in [-0.1, -0.05) is 35.1 Å². The van der Waals surface area contributed by atoms with E-state index in [0.29, 0.717) is 24.4 Å². The molecule has 2 aromatic carbocycles. The van der Waals surface area contributed by atoms with E-state index in [4.69, 9.17) is 15.5 Å². The van der Waals surface area contributed by atoms with Gasteiger partial charge in [-0.25, -0.2) is 4.98 Å². The van der Waals surface area contributed by atoms with Crippen molar-refractivity contribution < 1.29 is 9.53 Å². The molecule has 7 heteroatoms. The third-order valence-corrected chi connectivity index (χ3v) is 5.42. The number of ether oxygens (including phenoxy) is 1. The number of hydrogen-bond donors (Lipinski definition) is 2. The van der Waals surface area contributed by atoms with Crippen molar-refractivity contribution in [3.8, 4) is 17.0 Å². The fourth-order valence-electron chi connectivity index (χ4n) is 3.10. The number of imidazole rings is 1. The fourth-order valence-corrected chi connectivity index (χ4v) is 4.12. The first-order valence-corrected chi connectivity index (χ1v) is 9.47. The topological polar surface area (TPSA) is 81.6 Å². The second-order valence-electron chi connectivity index (χ2n) is 6.32. The van der Waals surface area contributed by atoms with E-state index in [0.717, 1.165) is 26.4 Å². The highest BCUT2D eigenvalue weighted by Gasteiger charge is 2.17. The third-order valence-electron chi connectivity index (χ3n) is 4.40. The number of aromatic nitrogens is 2. The zero-order valence-electron chi connectivity index (χ0n) is 15.2. The fraction of sp³-hybridized carbons (Fsp3) is 0.200. The van der Waals surface area contributed by atoms with Crippen LogP contribution in [0, 0.1) is 6.92 Å². The summed E-state index contributed by atoms with van der Waals surface area (Å²) in [4.78, 5) is 18.0. The summed E-state index contributed by atoms with van der Waals surface area (Å²) in [5, 5.41) is 2.79. The summed E-state index contributed by atoms with van der Waals surface area (Å²) in [7, 11) is 1.57. The number of nitrogens with two attached hydrogens (primary N) is 1. The zero-order valence-corrected chi connectivity index (χ0v) is 16.0. The summed E-state index contributed by atoms with van der Waals surface area (Å²) in [5.74, 6) is 0.341. The minimum Gasteiger partial charge on any atom is -0.496 e. The van der Waals surface area contributed by atoms with E-state index in [9.17, 15) is 4.79 Å². The SMILES string of the molecule is COc1cc2c(cc1C(=O)NCCN)sc1nc(-c3cccc(C)c3)cn12. The number of rotatable bonds is 5.